The first kappa shape index (κ1) is 42.7. The van der Waals surface area contributed by atoms with Crippen LogP contribution in [0.4, 0.5) is 5.69 Å². The minimum atomic E-state index is -1.11. The number of amides is 3. The number of hydrogen-bond acceptors (Lipinski definition) is 7. The number of fused-ring (bicyclic) bond motifs is 1. The quantitative estimate of drug-likeness (QED) is 0.0583. The van der Waals surface area contributed by atoms with Gasteiger partial charge < -0.3 is 31.1 Å². The van der Waals surface area contributed by atoms with Crippen LogP contribution < -0.4 is 21.3 Å². The van der Waals surface area contributed by atoms with Gasteiger partial charge in [-0.3, -0.25) is 14.4 Å². The Kier molecular flexibility index (Phi) is 17.5. The lowest BCUT2D eigenvalue weighted by atomic mass is 9.95. The van der Waals surface area contributed by atoms with Gasteiger partial charge in [0.15, 0.2) is 0 Å². The molecule has 0 aliphatic rings. The van der Waals surface area contributed by atoms with E-state index in [4.69, 9.17) is 4.74 Å². The number of hydrogen-bond donors (Lipinski definition) is 5. The molecule has 3 aromatic rings. The summed E-state index contributed by atoms with van der Waals surface area (Å²) in [4.78, 5) is 54.0. The van der Waals surface area contributed by atoms with Crippen LogP contribution in [0.1, 0.15) is 103 Å². The van der Waals surface area contributed by atoms with Crippen LogP contribution in [-0.2, 0) is 25.7 Å². The van der Waals surface area contributed by atoms with Crippen LogP contribution in [0.15, 0.2) is 78.4 Å². The summed E-state index contributed by atoms with van der Waals surface area (Å²) in [6, 6.07) is 18.1. The molecule has 0 bridgehead atoms. The van der Waals surface area contributed by atoms with Gasteiger partial charge in [-0.15, -0.1) is 0 Å². The normalized spacial score (nSPS) is 14.0. The standard InChI is InChI=1S/C43H60N4O6/c1-8-10-21-36(42(51)47-37(24-28(3)4)38(48)25-33(16-9-2)41(50)44-26-29(5)6)46-40(49)30(7)45-39-34-20-15-14-19-32(34)22-23-35(39)43(52)53-27-31-17-12-11-13-18-31/h11-15,17-20,22-23,25,28-30,36-38,45,48H,8-10,16,21,24,26-27H2,1-7H3,(H,44,50)(H,46,49)(H,47,51)/b33-25+/t30?,36-,37-,38-/m0/s1. The fourth-order valence-corrected chi connectivity index (χ4v) is 6.00. The van der Waals surface area contributed by atoms with Crippen LogP contribution >= 0.6 is 0 Å². The number of aliphatic hydroxyl groups excluding tert-OH is 1. The summed E-state index contributed by atoms with van der Waals surface area (Å²) in [6.45, 7) is 14.3. The Morgan fingerprint density at radius 2 is 1.51 bits per heavy atom. The first-order chi connectivity index (χ1) is 25.3. The van der Waals surface area contributed by atoms with Crippen LogP contribution in [0, 0.1) is 11.8 Å². The molecule has 1 unspecified atom stereocenters. The van der Waals surface area contributed by atoms with Crippen LogP contribution in [0.2, 0.25) is 0 Å². The van der Waals surface area contributed by atoms with Crippen molar-refractivity contribution in [1.82, 2.24) is 16.0 Å². The highest BCUT2D eigenvalue weighted by atomic mass is 16.5. The zero-order valence-electron chi connectivity index (χ0n) is 32.5. The van der Waals surface area contributed by atoms with E-state index in [1.807, 2.05) is 102 Å². The Balaban J connectivity index is 1.81. The van der Waals surface area contributed by atoms with Crippen molar-refractivity contribution in [1.29, 1.82) is 0 Å². The van der Waals surface area contributed by atoms with Gasteiger partial charge in [0, 0.05) is 17.5 Å². The Labute approximate surface area is 315 Å². The molecule has 5 N–H and O–H groups in total. The Morgan fingerprint density at radius 1 is 0.811 bits per heavy atom. The van der Waals surface area contributed by atoms with E-state index in [0.717, 1.165) is 29.2 Å². The van der Waals surface area contributed by atoms with Gasteiger partial charge in [0.05, 0.1) is 23.4 Å². The number of aliphatic hydroxyl groups is 1. The maximum atomic E-state index is 13.9. The first-order valence-electron chi connectivity index (χ1n) is 19.1. The topological polar surface area (TPSA) is 146 Å². The van der Waals surface area contributed by atoms with Gasteiger partial charge in [-0.2, -0.15) is 0 Å². The Morgan fingerprint density at radius 3 is 2.17 bits per heavy atom. The fraction of sp³-hybridized carbons (Fsp3) is 0.488. The lowest BCUT2D eigenvalue weighted by Crippen LogP contribution is -2.54. The molecule has 0 aliphatic heterocycles. The van der Waals surface area contributed by atoms with E-state index >= 15 is 0 Å². The van der Waals surface area contributed by atoms with Gasteiger partial charge in [0.25, 0.3) is 0 Å². The number of carbonyl (C=O) groups excluding carboxylic acids is 4. The molecular weight excluding hydrogens is 668 g/mol. The molecule has 10 nitrogen and oxygen atoms in total. The maximum absolute atomic E-state index is 13.9. The lowest BCUT2D eigenvalue weighted by molar-refractivity contribution is -0.130. The zero-order valence-corrected chi connectivity index (χ0v) is 32.5. The van der Waals surface area contributed by atoms with Gasteiger partial charge >= 0.3 is 5.97 Å². The molecular formula is C43H60N4O6. The molecule has 4 atom stereocenters. The third-order valence-electron chi connectivity index (χ3n) is 8.91. The third kappa shape index (κ3) is 13.7. The molecule has 0 saturated heterocycles. The van der Waals surface area contributed by atoms with Crippen molar-refractivity contribution in [3.63, 3.8) is 0 Å². The smallest absolute Gasteiger partial charge is 0.340 e. The van der Waals surface area contributed by atoms with Gasteiger partial charge in [0.2, 0.25) is 17.7 Å². The molecule has 0 spiro atoms. The number of anilines is 1. The summed E-state index contributed by atoms with van der Waals surface area (Å²) >= 11 is 0. The van der Waals surface area contributed by atoms with Crippen LogP contribution in [0.5, 0.6) is 0 Å². The van der Waals surface area contributed by atoms with E-state index in [-0.39, 0.29) is 24.3 Å². The van der Waals surface area contributed by atoms with Gasteiger partial charge in [-0.25, -0.2) is 4.79 Å². The summed E-state index contributed by atoms with van der Waals surface area (Å²) in [7, 11) is 0. The van der Waals surface area contributed by atoms with Crippen LogP contribution in [0.25, 0.3) is 10.8 Å². The molecule has 3 aromatic carbocycles. The largest absolute Gasteiger partial charge is 0.457 e. The number of esters is 1. The number of carbonyl (C=O) groups is 4. The highest BCUT2D eigenvalue weighted by Gasteiger charge is 2.29. The second-order valence-corrected chi connectivity index (χ2v) is 14.6. The predicted octanol–water partition coefficient (Wildman–Crippen LogP) is 7.06. The average Bonchev–Trinajstić information content (AvgIpc) is 3.14. The van der Waals surface area contributed by atoms with E-state index in [2.05, 4.69) is 21.3 Å². The monoisotopic (exact) mass is 728 g/mol. The van der Waals surface area contributed by atoms with Crippen molar-refractivity contribution in [2.24, 2.45) is 11.8 Å². The minimum Gasteiger partial charge on any atom is -0.457 e. The molecule has 53 heavy (non-hydrogen) atoms. The lowest BCUT2D eigenvalue weighted by Gasteiger charge is -2.28. The number of unbranched alkanes of at least 4 members (excludes halogenated alkanes) is 1. The molecule has 0 fully saturated rings. The van der Waals surface area contributed by atoms with Crippen molar-refractivity contribution >= 4 is 40.2 Å². The summed E-state index contributed by atoms with van der Waals surface area (Å²) in [5, 5.41) is 25.1. The summed E-state index contributed by atoms with van der Waals surface area (Å²) in [6.07, 6.45) is 4.03. The highest BCUT2D eigenvalue weighted by molar-refractivity contribution is 6.07. The Hall–Kier alpha value is -4.70. The second-order valence-electron chi connectivity index (χ2n) is 14.6. The average molecular weight is 729 g/mol. The van der Waals surface area contributed by atoms with Crippen molar-refractivity contribution in [3.8, 4) is 0 Å². The summed E-state index contributed by atoms with van der Waals surface area (Å²) in [5.74, 6) is -1.17. The molecule has 0 aliphatic carbocycles. The SMILES string of the molecule is CCCC[C@H](NC(=O)C(C)Nc1c(C(=O)OCc2ccccc2)ccc2ccccc12)C(=O)N[C@@H](CC(C)C)[C@@H](O)/C=C(\CCC)C(=O)NCC(C)C. The number of nitrogens with one attached hydrogen (secondary N) is 4. The number of rotatable bonds is 21. The molecule has 0 radical (unpaired) electrons. The number of ether oxygens (including phenoxy) is 1. The van der Waals surface area contributed by atoms with Crippen molar-refractivity contribution in [3.05, 3.63) is 89.5 Å². The van der Waals surface area contributed by atoms with E-state index in [1.54, 1.807) is 19.1 Å². The molecule has 0 aromatic heterocycles. The van der Waals surface area contributed by atoms with Crippen LogP contribution in [-0.4, -0.2) is 59.6 Å². The van der Waals surface area contributed by atoms with Gasteiger partial charge in [-0.05, 0) is 61.1 Å². The molecule has 0 heterocycles. The van der Waals surface area contributed by atoms with Crippen molar-refractivity contribution in [2.75, 3.05) is 11.9 Å². The summed E-state index contributed by atoms with van der Waals surface area (Å²) < 4.78 is 5.66. The van der Waals surface area contributed by atoms with Crippen molar-refractivity contribution in [2.45, 2.75) is 118 Å². The van der Waals surface area contributed by atoms with Crippen molar-refractivity contribution < 1.29 is 29.0 Å². The second kappa shape index (κ2) is 21.7. The maximum Gasteiger partial charge on any atom is 0.340 e. The predicted molar refractivity (Wildman–Crippen MR) is 212 cm³/mol. The minimum absolute atomic E-state index is 0.101. The highest BCUT2D eigenvalue weighted by Crippen LogP contribution is 2.29. The van der Waals surface area contributed by atoms with E-state index in [1.165, 1.54) is 0 Å². The van der Waals surface area contributed by atoms with E-state index in [9.17, 15) is 24.3 Å². The zero-order chi connectivity index (χ0) is 38.9. The van der Waals surface area contributed by atoms with Crippen LogP contribution in [0.3, 0.4) is 0 Å². The Bertz CT molecular complexity index is 1670. The van der Waals surface area contributed by atoms with E-state index < -0.39 is 42.0 Å². The molecule has 288 valence electrons. The fourth-order valence-electron chi connectivity index (χ4n) is 6.00. The van der Waals surface area contributed by atoms with E-state index in [0.29, 0.717) is 49.1 Å². The summed E-state index contributed by atoms with van der Waals surface area (Å²) in [5.41, 5.74) is 2.09. The van der Waals surface area contributed by atoms with Gasteiger partial charge in [-0.1, -0.05) is 121 Å². The third-order valence-corrected chi connectivity index (χ3v) is 8.91. The number of benzene rings is 3. The molecule has 0 saturated carbocycles. The first-order valence-corrected chi connectivity index (χ1v) is 19.1. The van der Waals surface area contributed by atoms with Gasteiger partial charge in [0.1, 0.15) is 18.7 Å². The molecule has 3 rings (SSSR count). The molecule has 3 amide bonds. The molecule has 10 heteroatoms.